The highest BCUT2D eigenvalue weighted by Crippen LogP contribution is 2.70. The molecule has 2 unspecified atom stereocenters. The Hall–Kier alpha value is -1.95. The van der Waals surface area contributed by atoms with Crippen molar-refractivity contribution < 1.29 is 28.7 Å². The summed E-state index contributed by atoms with van der Waals surface area (Å²) in [6.07, 6.45) is 8.32. The fraction of sp³-hybridized carbons (Fsp3) is 0.714. The summed E-state index contributed by atoms with van der Waals surface area (Å²) in [4.78, 5) is 50.4. The van der Waals surface area contributed by atoms with Crippen LogP contribution in [0.3, 0.4) is 0 Å². The van der Waals surface area contributed by atoms with Gasteiger partial charge in [0, 0.05) is 29.0 Å². The Morgan fingerprint density at radius 3 is 2.54 bits per heavy atom. The maximum absolute atomic E-state index is 13.8. The minimum absolute atomic E-state index is 0.0209. The summed E-state index contributed by atoms with van der Waals surface area (Å²) in [6.45, 7) is 10.5. The highest BCUT2D eigenvalue weighted by molar-refractivity contribution is 6.21. The standard InChI is InChI=1S/C28H37ClO6/c1-15(2)25(33)34-14-23(32)28(35-17(4)30)16(3)11-21-20-8-7-18-12-19(31)9-10-26(18,5)24(20)22(29)13-27(21,28)6/h9-10,12,15-16,20-22,24H,7-8,11,13-14H2,1-6H3/t16?,20-,21-,22?,24+,26-,27-,28-/m0/s1. The normalized spacial score (nSPS) is 42.0. The molecule has 35 heavy (non-hydrogen) atoms. The SMILES string of the molecule is CC(=O)O[C@]1(C(=O)COC(=O)C(C)C)C(C)C[C@H]2[C@@H]3CCC4=CC(=O)C=C[C@]4(C)[C@H]3C(Cl)C[C@@]21C. The van der Waals surface area contributed by atoms with Crippen LogP contribution in [0, 0.1) is 40.4 Å². The summed E-state index contributed by atoms with van der Waals surface area (Å²) in [6, 6.07) is 0. The minimum Gasteiger partial charge on any atom is -0.457 e. The zero-order chi connectivity index (χ0) is 25.9. The van der Waals surface area contributed by atoms with Crippen LogP contribution < -0.4 is 0 Å². The first-order valence-corrected chi connectivity index (χ1v) is 13.2. The number of esters is 2. The lowest BCUT2D eigenvalue weighted by Crippen LogP contribution is -2.63. The number of halogens is 1. The van der Waals surface area contributed by atoms with Crippen molar-refractivity contribution in [2.24, 2.45) is 40.4 Å². The highest BCUT2D eigenvalue weighted by Gasteiger charge is 2.72. The smallest absolute Gasteiger partial charge is 0.308 e. The monoisotopic (exact) mass is 504 g/mol. The summed E-state index contributed by atoms with van der Waals surface area (Å²) in [5.41, 5.74) is -1.28. The number of carbonyl (C=O) groups is 4. The molecule has 3 fully saturated rings. The molecule has 0 amide bonds. The minimum atomic E-state index is -1.41. The summed E-state index contributed by atoms with van der Waals surface area (Å²) in [7, 11) is 0. The van der Waals surface area contributed by atoms with Gasteiger partial charge in [-0.25, -0.2) is 0 Å². The number of hydrogen-bond donors (Lipinski definition) is 0. The van der Waals surface area contributed by atoms with Gasteiger partial charge in [-0.2, -0.15) is 0 Å². The molecule has 0 bridgehead atoms. The summed E-state index contributed by atoms with van der Waals surface area (Å²) < 4.78 is 11.3. The van der Waals surface area contributed by atoms with Crippen molar-refractivity contribution in [1.82, 2.24) is 0 Å². The van der Waals surface area contributed by atoms with Crippen LogP contribution in [0.15, 0.2) is 23.8 Å². The Bertz CT molecular complexity index is 1010. The number of carbonyl (C=O) groups excluding carboxylic acids is 4. The van der Waals surface area contributed by atoms with Crippen LogP contribution in [0.1, 0.15) is 67.2 Å². The number of ketones is 2. The van der Waals surface area contributed by atoms with E-state index in [1.165, 1.54) is 6.92 Å². The lowest BCUT2D eigenvalue weighted by atomic mass is 9.47. The number of ether oxygens (including phenoxy) is 2. The molecule has 7 heteroatoms. The van der Waals surface area contributed by atoms with E-state index in [2.05, 4.69) is 6.92 Å². The number of allylic oxidation sites excluding steroid dienone is 4. The van der Waals surface area contributed by atoms with Crippen LogP contribution >= 0.6 is 11.6 Å². The molecule has 0 saturated heterocycles. The molecule has 0 aromatic heterocycles. The van der Waals surface area contributed by atoms with E-state index in [4.69, 9.17) is 21.1 Å². The van der Waals surface area contributed by atoms with Gasteiger partial charge in [0.15, 0.2) is 18.0 Å². The molecule has 4 aliphatic carbocycles. The molecule has 3 saturated carbocycles. The van der Waals surface area contributed by atoms with E-state index in [9.17, 15) is 19.2 Å². The second kappa shape index (κ2) is 8.86. The van der Waals surface area contributed by atoms with E-state index in [-0.39, 0.29) is 51.9 Å². The summed E-state index contributed by atoms with van der Waals surface area (Å²) in [5.74, 6) is -1.51. The number of hydrogen-bond acceptors (Lipinski definition) is 6. The molecule has 192 valence electrons. The Morgan fingerprint density at radius 2 is 1.91 bits per heavy atom. The van der Waals surface area contributed by atoms with E-state index in [1.807, 2.05) is 19.9 Å². The van der Waals surface area contributed by atoms with Crippen molar-refractivity contribution in [3.8, 4) is 0 Å². The largest absolute Gasteiger partial charge is 0.457 e. The fourth-order valence-corrected chi connectivity index (χ4v) is 8.85. The molecular weight excluding hydrogens is 468 g/mol. The highest BCUT2D eigenvalue weighted by atomic mass is 35.5. The van der Waals surface area contributed by atoms with Crippen molar-refractivity contribution in [1.29, 1.82) is 0 Å². The third-order valence-corrected chi connectivity index (χ3v) is 9.96. The first-order valence-electron chi connectivity index (χ1n) is 12.8. The van der Waals surface area contributed by atoms with E-state index in [0.717, 1.165) is 24.8 Å². The summed E-state index contributed by atoms with van der Waals surface area (Å²) >= 11 is 7.19. The molecule has 0 aliphatic heterocycles. The molecule has 0 aromatic rings. The Kier molecular flexibility index (Phi) is 6.61. The zero-order valence-corrected chi connectivity index (χ0v) is 22.3. The first-order chi connectivity index (χ1) is 16.3. The molecule has 0 aromatic carbocycles. The zero-order valence-electron chi connectivity index (χ0n) is 21.6. The molecule has 4 rings (SSSR count). The lowest BCUT2D eigenvalue weighted by Gasteiger charge is -2.60. The third kappa shape index (κ3) is 3.82. The van der Waals surface area contributed by atoms with Crippen LogP contribution in [0.5, 0.6) is 0 Å². The van der Waals surface area contributed by atoms with Gasteiger partial charge in [-0.15, -0.1) is 11.6 Å². The van der Waals surface area contributed by atoms with Crippen molar-refractivity contribution in [3.63, 3.8) is 0 Å². The average molecular weight is 505 g/mol. The van der Waals surface area contributed by atoms with Crippen LogP contribution in [-0.2, 0) is 28.7 Å². The first kappa shape index (κ1) is 26.1. The fourth-order valence-electron chi connectivity index (χ4n) is 8.08. The van der Waals surface area contributed by atoms with Gasteiger partial charge >= 0.3 is 11.9 Å². The van der Waals surface area contributed by atoms with Crippen molar-refractivity contribution in [3.05, 3.63) is 23.8 Å². The average Bonchev–Trinajstić information content (AvgIpc) is 2.98. The molecule has 0 spiro atoms. The molecular formula is C28H37ClO6. The van der Waals surface area contributed by atoms with Crippen LogP contribution in [0.25, 0.3) is 0 Å². The molecule has 0 heterocycles. The Labute approximate surface area is 212 Å². The van der Waals surface area contributed by atoms with Gasteiger partial charge in [0.05, 0.1) is 5.92 Å². The molecule has 6 nitrogen and oxygen atoms in total. The van der Waals surface area contributed by atoms with Gasteiger partial charge in [0.2, 0.25) is 5.78 Å². The maximum atomic E-state index is 13.8. The van der Waals surface area contributed by atoms with Crippen LogP contribution in [0.4, 0.5) is 0 Å². The molecule has 4 aliphatic rings. The lowest BCUT2D eigenvalue weighted by molar-refractivity contribution is -0.195. The Balaban J connectivity index is 1.73. The van der Waals surface area contributed by atoms with Crippen molar-refractivity contribution in [2.75, 3.05) is 6.61 Å². The van der Waals surface area contributed by atoms with Crippen LogP contribution in [0.2, 0.25) is 0 Å². The summed E-state index contributed by atoms with van der Waals surface area (Å²) in [5, 5.41) is -0.279. The predicted molar refractivity (Wildman–Crippen MR) is 131 cm³/mol. The van der Waals surface area contributed by atoms with Gasteiger partial charge < -0.3 is 9.47 Å². The van der Waals surface area contributed by atoms with Gasteiger partial charge in [-0.05, 0) is 55.6 Å². The number of rotatable bonds is 5. The van der Waals surface area contributed by atoms with Gasteiger partial charge in [0.25, 0.3) is 0 Å². The predicted octanol–water partition coefficient (Wildman–Crippen LogP) is 4.83. The second-order valence-corrected chi connectivity index (χ2v) is 12.4. The van der Waals surface area contributed by atoms with Gasteiger partial charge in [-0.3, -0.25) is 19.2 Å². The maximum Gasteiger partial charge on any atom is 0.308 e. The van der Waals surface area contributed by atoms with E-state index >= 15 is 0 Å². The van der Waals surface area contributed by atoms with Gasteiger partial charge in [-0.1, -0.05) is 46.3 Å². The van der Waals surface area contributed by atoms with E-state index in [1.54, 1.807) is 26.0 Å². The molecule has 0 radical (unpaired) electrons. The number of alkyl halides is 1. The molecule has 8 atom stereocenters. The number of Topliss-reactive ketones (excluding diaryl/α,β-unsaturated/α-hetero) is 1. The van der Waals surface area contributed by atoms with Crippen molar-refractivity contribution >= 4 is 35.1 Å². The second-order valence-electron chi connectivity index (χ2n) is 11.8. The quantitative estimate of drug-likeness (QED) is 0.394. The van der Waals surface area contributed by atoms with Crippen LogP contribution in [-0.4, -0.2) is 41.1 Å². The van der Waals surface area contributed by atoms with Gasteiger partial charge in [0.1, 0.15) is 0 Å². The molecule has 0 N–H and O–H groups in total. The van der Waals surface area contributed by atoms with E-state index in [0.29, 0.717) is 6.42 Å². The number of fused-ring (bicyclic) bond motifs is 5. The topological polar surface area (TPSA) is 86.7 Å². The van der Waals surface area contributed by atoms with Crippen molar-refractivity contribution in [2.45, 2.75) is 78.2 Å². The third-order valence-electron chi connectivity index (χ3n) is 9.53. The van der Waals surface area contributed by atoms with E-state index < -0.39 is 29.6 Å². The Morgan fingerprint density at radius 1 is 1.23 bits per heavy atom.